The highest BCUT2D eigenvalue weighted by molar-refractivity contribution is 7.80. The number of nitrogens with one attached hydrogen (secondary N) is 1. The molecule has 0 spiro atoms. The molecule has 0 saturated carbocycles. The Hall–Kier alpha value is -1.49. The Balaban J connectivity index is 2.65. The molecular formula is C15H24N2O2S. The van der Waals surface area contributed by atoms with Crippen LogP contribution in [0.25, 0.3) is 0 Å². The van der Waals surface area contributed by atoms with Gasteiger partial charge in [-0.2, -0.15) is 0 Å². The van der Waals surface area contributed by atoms with Gasteiger partial charge in [0.2, 0.25) is 0 Å². The molecule has 1 N–H and O–H groups in total. The van der Waals surface area contributed by atoms with Crippen LogP contribution in [0.5, 0.6) is 11.5 Å². The summed E-state index contributed by atoms with van der Waals surface area (Å²) in [6.45, 7) is 3.78. The molecular weight excluding hydrogens is 272 g/mol. The SMILES string of the molecule is CCCCNC(=S)N(C)Cc1ccc(OC)cc1OC. The van der Waals surface area contributed by atoms with Crippen molar-refractivity contribution in [2.24, 2.45) is 0 Å². The molecule has 20 heavy (non-hydrogen) atoms. The second-order valence-corrected chi connectivity index (χ2v) is 5.01. The summed E-state index contributed by atoms with van der Waals surface area (Å²) in [5.41, 5.74) is 1.08. The Morgan fingerprint density at radius 1 is 1.30 bits per heavy atom. The molecule has 0 atom stereocenters. The topological polar surface area (TPSA) is 33.7 Å². The summed E-state index contributed by atoms with van der Waals surface area (Å²) in [6.07, 6.45) is 2.28. The minimum absolute atomic E-state index is 0.700. The van der Waals surface area contributed by atoms with Crippen molar-refractivity contribution in [3.63, 3.8) is 0 Å². The molecule has 0 amide bonds. The van der Waals surface area contributed by atoms with E-state index in [4.69, 9.17) is 21.7 Å². The monoisotopic (exact) mass is 296 g/mol. The summed E-state index contributed by atoms with van der Waals surface area (Å²) >= 11 is 5.37. The van der Waals surface area contributed by atoms with Crippen molar-refractivity contribution in [3.8, 4) is 11.5 Å². The summed E-state index contributed by atoms with van der Waals surface area (Å²) < 4.78 is 10.6. The summed E-state index contributed by atoms with van der Waals surface area (Å²) in [5.74, 6) is 1.60. The van der Waals surface area contributed by atoms with E-state index >= 15 is 0 Å². The highest BCUT2D eigenvalue weighted by Gasteiger charge is 2.10. The lowest BCUT2D eigenvalue weighted by molar-refractivity contribution is 0.383. The Morgan fingerprint density at radius 2 is 2.05 bits per heavy atom. The van der Waals surface area contributed by atoms with Gasteiger partial charge in [0.25, 0.3) is 0 Å². The van der Waals surface area contributed by atoms with Crippen molar-refractivity contribution in [1.29, 1.82) is 0 Å². The molecule has 0 fully saturated rings. The number of unbranched alkanes of at least 4 members (excludes halogenated alkanes) is 1. The Labute approximate surface area is 127 Å². The van der Waals surface area contributed by atoms with Gasteiger partial charge in [-0.25, -0.2) is 0 Å². The van der Waals surface area contributed by atoms with E-state index in [2.05, 4.69) is 12.2 Å². The standard InChI is InChI=1S/C15H24N2O2S/c1-5-6-9-16-15(20)17(2)11-12-7-8-13(18-3)10-14(12)19-4/h7-8,10H,5-6,9,11H2,1-4H3,(H,16,20). The number of hydrogen-bond acceptors (Lipinski definition) is 3. The van der Waals surface area contributed by atoms with Crippen LogP contribution >= 0.6 is 12.2 Å². The summed E-state index contributed by atoms with van der Waals surface area (Å²) in [7, 11) is 5.29. The van der Waals surface area contributed by atoms with Gasteiger partial charge < -0.3 is 19.7 Å². The normalized spacial score (nSPS) is 10.0. The second-order valence-electron chi connectivity index (χ2n) is 4.62. The number of hydrogen-bond donors (Lipinski definition) is 1. The lowest BCUT2D eigenvalue weighted by atomic mass is 10.2. The van der Waals surface area contributed by atoms with Crippen LogP contribution in [0.1, 0.15) is 25.3 Å². The number of rotatable bonds is 7. The number of methoxy groups -OCH3 is 2. The quantitative estimate of drug-likeness (QED) is 0.618. The van der Waals surface area contributed by atoms with Gasteiger partial charge in [0.05, 0.1) is 14.2 Å². The maximum Gasteiger partial charge on any atom is 0.168 e. The molecule has 0 aromatic heterocycles. The third-order valence-corrected chi connectivity index (χ3v) is 3.51. The van der Waals surface area contributed by atoms with Crippen molar-refractivity contribution in [1.82, 2.24) is 10.2 Å². The Morgan fingerprint density at radius 3 is 2.65 bits per heavy atom. The summed E-state index contributed by atoms with van der Waals surface area (Å²) in [4.78, 5) is 2.01. The molecule has 0 aliphatic rings. The zero-order valence-corrected chi connectivity index (χ0v) is 13.5. The molecule has 1 aromatic rings. The van der Waals surface area contributed by atoms with Gasteiger partial charge in [0, 0.05) is 31.8 Å². The molecule has 112 valence electrons. The first kappa shape index (κ1) is 16.6. The molecule has 5 heteroatoms. The van der Waals surface area contributed by atoms with Gasteiger partial charge in [0.15, 0.2) is 5.11 Å². The molecule has 0 aliphatic carbocycles. The van der Waals surface area contributed by atoms with Gasteiger partial charge in [-0.1, -0.05) is 13.3 Å². The summed E-state index contributed by atoms with van der Waals surface area (Å²) in [5, 5.41) is 4.02. The van der Waals surface area contributed by atoms with Crippen LogP contribution in [0.2, 0.25) is 0 Å². The predicted molar refractivity (Wildman–Crippen MR) is 86.5 cm³/mol. The fourth-order valence-corrected chi connectivity index (χ4v) is 1.98. The minimum Gasteiger partial charge on any atom is -0.497 e. The minimum atomic E-state index is 0.700. The van der Waals surface area contributed by atoms with Crippen molar-refractivity contribution in [3.05, 3.63) is 23.8 Å². The van der Waals surface area contributed by atoms with Gasteiger partial charge in [-0.15, -0.1) is 0 Å². The maximum absolute atomic E-state index is 5.40. The highest BCUT2D eigenvalue weighted by Crippen LogP contribution is 2.25. The average Bonchev–Trinajstić information content (AvgIpc) is 2.47. The zero-order valence-electron chi connectivity index (χ0n) is 12.7. The third kappa shape index (κ3) is 4.89. The van der Waals surface area contributed by atoms with Gasteiger partial charge in [-0.05, 0) is 30.8 Å². The smallest absolute Gasteiger partial charge is 0.168 e. The third-order valence-electron chi connectivity index (χ3n) is 3.06. The van der Waals surface area contributed by atoms with Crippen LogP contribution in [0, 0.1) is 0 Å². The van der Waals surface area contributed by atoms with Gasteiger partial charge in [-0.3, -0.25) is 0 Å². The number of ether oxygens (including phenoxy) is 2. The molecule has 0 aliphatic heterocycles. The van der Waals surface area contributed by atoms with E-state index in [1.807, 2.05) is 30.1 Å². The zero-order chi connectivity index (χ0) is 15.0. The van der Waals surface area contributed by atoms with Crippen LogP contribution in [-0.4, -0.2) is 37.8 Å². The molecule has 0 heterocycles. The van der Waals surface area contributed by atoms with Crippen molar-refractivity contribution in [2.45, 2.75) is 26.3 Å². The van der Waals surface area contributed by atoms with E-state index in [1.54, 1.807) is 14.2 Å². The van der Waals surface area contributed by atoms with E-state index in [0.717, 1.165) is 41.6 Å². The maximum atomic E-state index is 5.40. The van der Waals surface area contributed by atoms with Gasteiger partial charge in [0.1, 0.15) is 11.5 Å². The Bertz CT molecular complexity index is 438. The molecule has 0 radical (unpaired) electrons. The predicted octanol–water partition coefficient (Wildman–Crippen LogP) is 2.81. The van der Waals surface area contributed by atoms with Crippen molar-refractivity contribution >= 4 is 17.3 Å². The van der Waals surface area contributed by atoms with Crippen LogP contribution in [-0.2, 0) is 6.54 Å². The van der Waals surface area contributed by atoms with E-state index < -0.39 is 0 Å². The molecule has 1 aromatic carbocycles. The lowest BCUT2D eigenvalue weighted by Gasteiger charge is -2.22. The van der Waals surface area contributed by atoms with E-state index in [1.165, 1.54) is 0 Å². The number of nitrogens with zero attached hydrogens (tertiary/aromatic N) is 1. The fourth-order valence-electron chi connectivity index (χ4n) is 1.82. The van der Waals surface area contributed by atoms with Crippen molar-refractivity contribution in [2.75, 3.05) is 27.8 Å². The van der Waals surface area contributed by atoms with E-state index in [0.29, 0.717) is 6.54 Å². The highest BCUT2D eigenvalue weighted by atomic mass is 32.1. The fraction of sp³-hybridized carbons (Fsp3) is 0.533. The van der Waals surface area contributed by atoms with Crippen LogP contribution in [0.4, 0.5) is 0 Å². The largest absolute Gasteiger partial charge is 0.497 e. The molecule has 4 nitrogen and oxygen atoms in total. The van der Waals surface area contributed by atoms with Gasteiger partial charge >= 0.3 is 0 Å². The Kier molecular flexibility index (Phi) is 7.15. The van der Waals surface area contributed by atoms with E-state index in [-0.39, 0.29) is 0 Å². The van der Waals surface area contributed by atoms with E-state index in [9.17, 15) is 0 Å². The molecule has 0 bridgehead atoms. The number of benzene rings is 1. The first-order chi connectivity index (χ1) is 9.62. The number of thiocarbonyl (C=S) groups is 1. The summed E-state index contributed by atoms with van der Waals surface area (Å²) in [6, 6.07) is 5.82. The van der Waals surface area contributed by atoms with Crippen molar-refractivity contribution < 1.29 is 9.47 Å². The first-order valence-corrected chi connectivity index (χ1v) is 7.23. The van der Waals surface area contributed by atoms with Crippen LogP contribution in [0.15, 0.2) is 18.2 Å². The molecule has 0 saturated heterocycles. The lowest BCUT2D eigenvalue weighted by Crippen LogP contribution is -2.37. The van der Waals surface area contributed by atoms with Crippen LogP contribution < -0.4 is 14.8 Å². The first-order valence-electron chi connectivity index (χ1n) is 6.82. The average molecular weight is 296 g/mol. The molecule has 0 unspecified atom stereocenters. The molecule has 1 rings (SSSR count). The second kappa shape index (κ2) is 8.64. The van der Waals surface area contributed by atoms with Crippen LogP contribution in [0.3, 0.4) is 0 Å².